The minimum atomic E-state index is -0.585. The molecule has 4 rings (SSSR count). The van der Waals surface area contributed by atoms with Gasteiger partial charge in [-0.25, -0.2) is 9.97 Å². The van der Waals surface area contributed by atoms with E-state index in [4.69, 9.17) is 10.2 Å². The molecule has 0 unspecified atom stereocenters. The van der Waals surface area contributed by atoms with Gasteiger partial charge in [0, 0.05) is 24.0 Å². The second kappa shape index (κ2) is 5.54. The van der Waals surface area contributed by atoms with Crippen molar-refractivity contribution in [3.05, 3.63) is 54.3 Å². The average Bonchev–Trinajstić information content (AvgIpc) is 3.20. The van der Waals surface area contributed by atoms with Gasteiger partial charge in [0.05, 0.1) is 27.9 Å². The van der Waals surface area contributed by atoms with E-state index >= 15 is 0 Å². The number of pyridine rings is 2. The number of aryl methyl sites for hydroxylation is 1. The monoisotopic (exact) mass is 336 g/mol. The molecule has 4 heterocycles. The maximum atomic E-state index is 11.7. The van der Waals surface area contributed by atoms with Gasteiger partial charge in [-0.2, -0.15) is 0 Å². The number of carbonyl (C=O) groups is 1. The molecule has 118 valence electrons. The van der Waals surface area contributed by atoms with E-state index in [9.17, 15) is 4.79 Å². The van der Waals surface area contributed by atoms with Gasteiger partial charge >= 0.3 is 0 Å². The van der Waals surface area contributed by atoms with Crippen LogP contribution in [0.15, 0.2) is 47.3 Å². The lowest BCUT2D eigenvalue weighted by molar-refractivity contribution is 0.0997. The van der Waals surface area contributed by atoms with Gasteiger partial charge in [0.1, 0.15) is 16.3 Å². The third-order valence-electron chi connectivity index (χ3n) is 3.62. The third-order valence-corrected chi connectivity index (χ3v) is 4.85. The summed E-state index contributed by atoms with van der Waals surface area (Å²) in [6, 6.07) is 7.30. The van der Waals surface area contributed by atoms with Gasteiger partial charge in [-0.15, -0.1) is 11.3 Å². The molecule has 2 N–H and O–H groups in total. The van der Waals surface area contributed by atoms with Crippen molar-refractivity contribution in [2.45, 2.75) is 6.92 Å². The van der Waals surface area contributed by atoms with E-state index in [1.165, 1.54) is 17.6 Å². The van der Waals surface area contributed by atoms with Crippen molar-refractivity contribution in [1.29, 1.82) is 0 Å². The summed E-state index contributed by atoms with van der Waals surface area (Å²) in [5.41, 5.74) is 8.62. The average molecular weight is 336 g/mol. The zero-order valence-electron chi connectivity index (χ0n) is 12.7. The van der Waals surface area contributed by atoms with Gasteiger partial charge in [0.15, 0.2) is 0 Å². The Kier molecular flexibility index (Phi) is 3.35. The maximum Gasteiger partial charge on any atom is 0.268 e. The lowest BCUT2D eigenvalue weighted by Gasteiger charge is -2.02. The number of hydrogen-bond acceptors (Lipinski definition) is 6. The Bertz CT molecular complexity index is 1050. The molecule has 0 spiro atoms. The Balaban J connectivity index is 1.89. The maximum absolute atomic E-state index is 11.7. The van der Waals surface area contributed by atoms with Crippen LogP contribution in [0.5, 0.6) is 0 Å². The molecule has 0 aromatic carbocycles. The molecule has 0 aliphatic carbocycles. The first-order valence-corrected chi connectivity index (χ1v) is 8.01. The summed E-state index contributed by atoms with van der Waals surface area (Å²) in [4.78, 5) is 25.7. The summed E-state index contributed by atoms with van der Waals surface area (Å²) in [7, 11) is 0. The van der Waals surface area contributed by atoms with Crippen LogP contribution in [-0.4, -0.2) is 20.9 Å². The molecular weight excluding hydrogens is 324 g/mol. The summed E-state index contributed by atoms with van der Waals surface area (Å²) >= 11 is 1.49. The molecule has 4 aromatic heterocycles. The quantitative estimate of drug-likeness (QED) is 0.618. The van der Waals surface area contributed by atoms with Gasteiger partial charge in [-0.1, -0.05) is 0 Å². The van der Waals surface area contributed by atoms with Crippen molar-refractivity contribution >= 4 is 28.2 Å². The van der Waals surface area contributed by atoms with Gasteiger partial charge in [0.25, 0.3) is 5.91 Å². The lowest BCUT2D eigenvalue weighted by Crippen LogP contribution is -2.13. The third kappa shape index (κ3) is 2.35. The minimum absolute atomic E-state index is 0.201. The normalized spacial score (nSPS) is 11.0. The number of thiazole rings is 1. The first-order chi connectivity index (χ1) is 11.6. The molecule has 0 radical (unpaired) electrons. The summed E-state index contributed by atoms with van der Waals surface area (Å²) in [6.45, 7) is 1.91. The highest BCUT2D eigenvalue weighted by Gasteiger charge is 2.18. The van der Waals surface area contributed by atoms with Crippen molar-refractivity contribution in [2.75, 3.05) is 0 Å². The van der Waals surface area contributed by atoms with Crippen LogP contribution in [0.4, 0.5) is 0 Å². The predicted molar refractivity (Wildman–Crippen MR) is 91.6 cm³/mol. The SMILES string of the molecule is Cc1nc(-c2cccnc2)sc1-c1cc2occc2c(C(N)=O)n1. The first kappa shape index (κ1) is 14.5. The van der Waals surface area contributed by atoms with Crippen molar-refractivity contribution in [3.63, 3.8) is 0 Å². The molecule has 0 aliphatic heterocycles. The molecule has 0 fully saturated rings. The van der Waals surface area contributed by atoms with Crippen molar-refractivity contribution < 1.29 is 9.21 Å². The Morgan fingerprint density at radius 1 is 1.29 bits per heavy atom. The van der Waals surface area contributed by atoms with Crippen molar-refractivity contribution in [2.24, 2.45) is 5.73 Å². The predicted octanol–water partition coefficient (Wildman–Crippen LogP) is 3.42. The topological polar surface area (TPSA) is 94.9 Å². The Hall–Kier alpha value is -3.06. The van der Waals surface area contributed by atoms with E-state index in [0.717, 1.165) is 21.1 Å². The standard InChI is InChI=1S/C17H12N4O2S/c1-9-15(24-17(20-9)10-3-2-5-19-8-10)12-7-13-11(4-6-23-13)14(21-12)16(18)22/h2-8H,1H3,(H2,18,22). The fraction of sp³-hybridized carbons (Fsp3) is 0.0588. The highest BCUT2D eigenvalue weighted by atomic mass is 32.1. The number of carbonyl (C=O) groups excluding carboxylic acids is 1. The second-order valence-electron chi connectivity index (χ2n) is 5.23. The first-order valence-electron chi connectivity index (χ1n) is 7.20. The number of nitrogens with zero attached hydrogens (tertiary/aromatic N) is 3. The molecule has 0 bridgehead atoms. The Morgan fingerprint density at radius 3 is 2.92 bits per heavy atom. The zero-order valence-corrected chi connectivity index (χ0v) is 13.5. The van der Waals surface area contributed by atoms with Crippen LogP contribution in [0.3, 0.4) is 0 Å². The number of primary amides is 1. The smallest absolute Gasteiger partial charge is 0.268 e. The summed E-state index contributed by atoms with van der Waals surface area (Å²) in [5, 5.41) is 1.46. The molecule has 24 heavy (non-hydrogen) atoms. The van der Waals surface area contributed by atoms with E-state index in [-0.39, 0.29) is 5.69 Å². The zero-order chi connectivity index (χ0) is 16.7. The molecule has 4 aromatic rings. The van der Waals surface area contributed by atoms with Gasteiger partial charge < -0.3 is 10.2 Å². The summed E-state index contributed by atoms with van der Waals surface area (Å²) in [5.74, 6) is -0.585. The fourth-order valence-corrected chi connectivity index (χ4v) is 3.53. The van der Waals surface area contributed by atoms with E-state index in [2.05, 4.69) is 15.0 Å². The van der Waals surface area contributed by atoms with Gasteiger partial charge in [-0.05, 0) is 25.1 Å². The van der Waals surface area contributed by atoms with Gasteiger partial charge in [0.2, 0.25) is 0 Å². The van der Waals surface area contributed by atoms with Crippen LogP contribution in [0.25, 0.3) is 32.1 Å². The highest BCUT2D eigenvalue weighted by molar-refractivity contribution is 7.18. The number of amides is 1. The number of hydrogen-bond donors (Lipinski definition) is 1. The Labute approximate surface area is 141 Å². The Morgan fingerprint density at radius 2 is 2.17 bits per heavy atom. The molecule has 6 nitrogen and oxygen atoms in total. The van der Waals surface area contributed by atoms with Crippen LogP contribution in [0, 0.1) is 6.92 Å². The largest absolute Gasteiger partial charge is 0.464 e. The van der Waals surface area contributed by atoms with E-state index in [1.54, 1.807) is 24.5 Å². The van der Waals surface area contributed by atoms with E-state index < -0.39 is 5.91 Å². The van der Waals surface area contributed by atoms with Crippen LogP contribution in [-0.2, 0) is 0 Å². The van der Waals surface area contributed by atoms with E-state index in [0.29, 0.717) is 16.7 Å². The molecule has 1 amide bonds. The number of fused-ring (bicyclic) bond motifs is 1. The van der Waals surface area contributed by atoms with Crippen molar-refractivity contribution in [1.82, 2.24) is 15.0 Å². The highest BCUT2D eigenvalue weighted by Crippen LogP contribution is 2.35. The molecule has 7 heteroatoms. The minimum Gasteiger partial charge on any atom is -0.464 e. The van der Waals surface area contributed by atoms with Crippen LogP contribution < -0.4 is 5.73 Å². The van der Waals surface area contributed by atoms with Crippen LogP contribution in [0.1, 0.15) is 16.2 Å². The number of nitrogens with two attached hydrogens (primary N) is 1. The molecule has 0 saturated heterocycles. The lowest BCUT2D eigenvalue weighted by atomic mass is 10.2. The molecule has 0 aliphatic rings. The molecular formula is C17H12N4O2S. The van der Waals surface area contributed by atoms with Crippen LogP contribution >= 0.6 is 11.3 Å². The fourth-order valence-electron chi connectivity index (χ4n) is 2.52. The van der Waals surface area contributed by atoms with Gasteiger partial charge in [-0.3, -0.25) is 9.78 Å². The second-order valence-corrected chi connectivity index (χ2v) is 6.23. The number of furan rings is 1. The van der Waals surface area contributed by atoms with Crippen LogP contribution in [0.2, 0.25) is 0 Å². The summed E-state index contributed by atoms with van der Waals surface area (Å²) in [6.07, 6.45) is 5.00. The van der Waals surface area contributed by atoms with E-state index in [1.807, 2.05) is 19.1 Å². The van der Waals surface area contributed by atoms with Crippen molar-refractivity contribution in [3.8, 4) is 21.1 Å². The molecule has 0 saturated carbocycles. The number of aromatic nitrogens is 3. The summed E-state index contributed by atoms with van der Waals surface area (Å²) < 4.78 is 5.43. The number of rotatable bonds is 3. The molecule has 0 atom stereocenters.